The van der Waals surface area contributed by atoms with Crippen LogP contribution in [0.3, 0.4) is 0 Å². The summed E-state index contributed by atoms with van der Waals surface area (Å²) < 4.78 is 10.8. The molecular weight excluding hydrogens is 440 g/mol. The number of aliphatic hydroxyl groups excluding tert-OH is 1. The number of hydrogen-bond donors (Lipinski definition) is 1. The van der Waals surface area contributed by atoms with Crippen molar-refractivity contribution in [2.45, 2.75) is 117 Å². The predicted octanol–water partition coefficient (Wildman–Crippen LogP) is 6.16. The van der Waals surface area contributed by atoms with Crippen molar-refractivity contribution >= 4 is 11.9 Å². The molecule has 5 nitrogen and oxygen atoms in total. The molecule has 0 spiro atoms. The third-order valence-electron chi connectivity index (χ3n) is 11.8. The van der Waals surface area contributed by atoms with Gasteiger partial charge in [0, 0.05) is 6.42 Å². The van der Waals surface area contributed by atoms with Crippen LogP contribution in [0, 0.1) is 52.3 Å². The second-order valence-corrected chi connectivity index (χ2v) is 13.2. The maximum atomic E-state index is 12.4. The summed E-state index contributed by atoms with van der Waals surface area (Å²) in [5.41, 5.74) is 0.183. The number of carbonyl (C=O) groups excluding carboxylic acids is 2. The molecular formula is C30H50O5. The number of carbonyl (C=O) groups is 2. The Balaban J connectivity index is 1.45. The Morgan fingerprint density at radius 2 is 1.77 bits per heavy atom. The number of aliphatic hydroxyl groups is 1. The average Bonchev–Trinajstić information content (AvgIpc) is 3.21. The zero-order chi connectivity index (χ0) is 25.5. The molecule has 0 aromatic rings. The highest BCUT2D eigenvalue weighted by atomic mass is 16.5. The van der Waals surface area contributed by atoms with Gasteiger partial charge in [0.1, 0.15) is 6.10 Å². The number of ether oxygens (including phenoxy) is 2. The third kappa shape index (κ3) is 4.68. The number of fused-ring (bicyclic) bond motifs is 5. The van der Waals surface area contributed by atoms with Crippen LogP contribution < -0.4 is 0 Å². The van der Waals surface area contributed by atoms with Gasteiger partial charge in [0.15, 0.2) is 0 Å². The van der Waals surface area contributed by atoms with E-state index >= 15 is 0 Å². The van der Waals surface area contributed by atoms with Crippen molar-refractivity contribution in [3.8, 4) is 0 Å². The topological polar surface area (TPSA) is 72.8 Å². The second-order valence-electron chi connectivity index (χ2n) is 13.2. The predicted molar refractivity (Wildman–Crippen MR) is 136 cm³/mol. The summed E-state index contributed by atoms with van der Waals surface area (Å²) in [7, 11) is 1.46. The van der Waals surface area contributed by atoms with E-state index in [9.17, 15) is 14.7 Å². The lowest BCUT2D eigenvalue weighted by atomic mass is 9.43. The van der Waals surface area contributed by atoms with Crippen LogP contribution in [-0.4, -0.2) is 36.4 Å². The average molecular weight is 491 g/mol. The second kappa shape index (κ2) is 10.3. The first-order valence-corrected chi connectivity index (χ1v) is 14.5. The highest BCUT2D eigenvalue weighted by molar-refractivity contribution is 5.72. The summed E-state index contributed by atoms with van der Waals surface area (Å²) in [6, 6.07) is 0. The zero-order valence-corrected chi connectivity index (χ0v) is 23.1. The first-order chi connectivity index (χ1) is 16.6. The van der Waals surface area contributed by atoms with Crippen LogP contribution in [-0.2, 0) is 19.1 Å². The number of rotatable bonds is 7. The Morgan fingerprint density at radius 1 is 1.03 bits per heavy atom. The summed E-state index contributed by atoms with van der Waals surface area (Å²) in [6.07, 6.45) is 10.7. The van der Waals surface area contributed by atoms with E-state index in [1.54, 1.807) is 0 Å². The minimum absolute atomic E-state index is 0.0180. The molecule has 0 aromatic carbocycles. The van der Waals surface area contributed by atoms with Gasteiger partial charge in [-0.1, -0.05) is 34.6 Å². The van der Waals surface area contributed by atoms with Crippen LogP contribution in [0.2, 0.25) is 0 Å². The van der Waals surface area contributed by atoms with Gasteiger partial charge >= 0.3 is 11.9 Å². The van der Waals surface area contributed by atoms with Crippen LogP contribution in [0.15, 0.2) is 0 Å². The Bertz CT molecular complexity index is 781. The van der Waals surface area contributed by atoms with E-state index in [0.29, 0.717) is 41.9 Å². The standard InChI is InChI=1S/C30H50O5/c1-7-18(2)28(33)35-21-14-15-29(4)20(16-21)9-10-22-24-12-11-23(19(3)8-13-27(32)34-6)30(24,5)26(31)17-25(22)29/h18-26,31H,7-17H2,1-6H3. The fraction of sp³-hybridized carbons (Fsp3) is 0.933. The van der Waals surface area contributed by atoms with Gasteiger partial charge in [0.05, 0.1) is 19.1 Å². The molecule has 0 bridgehead atoms. The molecule has 4 fully saturated rings. The molecule has 11 atom stereocenters. The van der Waals surface area contributed by atoms with E-state index in [0.717, 1.165) is 44.9 Å². The van der Waals surface area contributed by atoms with Crippen molar-refractivity contribution in [3.63, 3.8) is 0 Å². The molecule has 0 heterocycles. The summed E-state index contributed by atoms with van der Waals surface area (Å²) in [5.74, 6) is 3.10. The van der Waals surface area contributed by atoms with Gasteiger partial charge in [0.25, 0.3) is 0 Å². The van der Waals surface area contributed by atoms with E-state index in [-0.39, 0.29) is 40.9 Å². The van der Waals surface area contributed by atoms with Gasteiger partial charge < -0.3 is 14.6 Å². The van der Waals surface area contributed by atoms with E-state index in [4.69, 9.17) is 9.47 Å². The fourth-order valence-electron chi connectivity index (χ4n) is 9.35. The van der Waals surface area contributed by atoms with E-state index in [2.05, 4.69) is 20.8 Å². The molecule has 0 radical (unpaired) electrons. The van der Waals surface area contributed by atoms with Gasteiger partial charge in [-0.2, -0.15) is 0 Å². The molecule has 0 amide bonds. The highest BCUT2D eigenvalue weighted by Crippen LogP contribution is 2.68. The molecule has 4 rings (SSSR count). The van der Waals surface area contributed by atoms with Gasteiger partial charge in [-0.25, -0.2) is 0 Å². The van der Waals surface area contributed by atoms with Gasteiger partial charge in [-0.05, 0) is 111 Å². The first kappa shape index (κ1) is 26.9. The maximum Gasteiger partial charge on any atom is 0.308 e. The van der Waals surface area contributed by atoms with Crippen LogP contribution >= 0.6 is 0 Å². The number of esters is 2. The quantitative estimate of drug-likeness (QED) is 0.433. The van der Waals surface area contributed by atoms with Gasteiger partial charge in [-0.3, -0.25) is 9.59 Å². The minimum Gasteiger partial charge on any atom is -0.469 e. The molecule has 4 saturated carbocycles. The van der Waals surface area contributed by atoms with Gasteiger partial charge in [0.2, 0.25) is 0 Å². The Kier molecular flexibility index (Phi) is 7.96. The van der Waals surface area contributed by atoms with E-state index in [1.165, 1.54) is 26.4 Å². The Labute approximate surface area is 213 Å². The Morgan fingerprint density at radius 3 is 2.46 bits per heavy atom. The number of methoxy groups -OCH3 is 1. The molecule has 0 aliphatic heterocycles. The molecule has 4 aliphatic carbocycles. The number of hydrogen-bond acceptors (Lipinski definition) is 5. The molecule has 4 aliphatic rings. The smallest absolute Gasteiger partial charge is 0.308 e. The lowest BCUT2D eigenvalue weighted by Crippen LogP contribution is -2.59. The molecule has 200 valence electrons. The molecule has 11 unspecified atom stereocenters. The fourth-order valence-corrected chi connectivity index (χ4v) is 9.35. The normalized spacial score (nSPS) is 44.4. The van der Waals surface area contributed by atoms with Crippen molar-refractivity contribution in [2.75, 3.05) is 7.11 Å². The third-order valence-corrected chi connectivity index (χ3v) is 11.8. The van der Waals surface area contributed by atoms with Crippen molar-refractivity contribution in [2.24, 2.45) is 52.3 Å². The van der Waals surface area contributed by atoms with Crippen LogP contribution in [0.1, 0.15) is 105 Å². The highest BCUT2D eigenvalue weighted by Gasteiger charge is 2.63. The summed E-state index contributed by atoms with van der Waals surface area (Å²) in [6.45, 7) is 11.1. The molecule has 1 N–H and O–H groups in total. The lowest BCUT2D eigenvalue weighted by Gasteiger charge is -2.62. The van der Waals surface area contributed by atoms with Gasteiger partial charge in [-0.15, -0.1) is 0 Å². The summed E-state index contributed by atoms with van der Waals surface area (Å²) >= 11 is 0. The summed E-state index contributed by atoms with van der Waals surface area (Å²) in [5, 5.41) is 11.7. The van der Waals surface area contributed by atoms with Crippen LogP contribution in [0.25, 0.3) is 0 Å². The molecule has 0 saturated heterocycles. The molecule has 0 aromatic heterocycles. The zero-order valence-electron chi connectivity index (χ0n) is 23.1. The Hall–Kier alpha value is -1.10. The molecule has 35 heavy (non-hydrogen) atoms. The van der Waals surface area contributed by atoms with Crippen LogP contribution in [0.5, 0.6) is 0 Å². The first-order valence-electron chi connectivity index (χ1n) is 14.5. The largest absolute Gasteiger partial charge is 0.469 e. The molecule has 5 heteroatoms. The maximum absolute atomic E-state index is 12.4. The van der Waals surface area contributed by atoms with Crippen molar-refractivity contribution in [1.29, 1.82) is 0 Å². The SMILES string of the molecule is CCC(C)C(=O)OC1CCC2(C)C(CCC3C2CC(O)C2(C)C(C(C)CCC(=O)OC)CCC32)C1. The van der Waals surface area contributed by atoms with E-state index in [1.807, 2.05) is 13.8 Å². The monoisotopic (exact) mass is 490 g/mol. The lowest BCUT2D eigenvalue weighted by molar-refractivity contribution is -0.183. The van der Waals surface area contributed by atoms with E-state index < -0.39 is 0 Å². The minimum atomic E-state index is -0.279. The van der Waals surface area contributed by atoms with Crippen molar-refractivity contribution in [1.82, 2.24) is 0 Å². The van der Waals surface area contributed by atoms with Crippen molar-refractivity contribution < 1.29 is 24.2 Å². The summed E-state index contributed by atoms with van der Waals surface area (Å²) in [4.78, 5) is 24.2. The van der Waals surface area contributed by atoms with Crippen LogP contribution in [0.4, 0.5) is 0 Å². The van der Waals surface area contributed by atoms with Crippen molar-refractivity contribution in [3.05, 3.63) is 0 Å².